The summed E-state index contributed by atoms with van der Waals surface area (Å²) >= 11 is 5.82. The molecule has 0 saturated carbocycles. The van der Waals surface area contributed by atoms with Crippen molar-refractivity contribution in [2.45, 2.75) is 26.3 Å². The van der Waals surface area contributed by atoms with Gasteiger partial charge in [-0.05, 0) is 37.1 Å². The van der Waals surface area contributed by atoms with Crippen molar-refractivity contribution in [3.05, 3.63) is 35.1 Å². The smallest absolute Gasteiger partial charge is 0.233 e. The molecule has 5 nitrogen and oxygen atoms in total. The number of aromatic nitrogens is 3. The average Bonchev–Trinajstić information content (AvgIpc) is 2.36. The Bertz CT molecular complexity index is 618. The summed E-state index contributed by atoms with van der Waals surface area (Å²) in [7, 11) is 0. The molecule has 21 heavy (non-hydrogen) atoms. The maximum absolute atomic E-state index is 13.1. The maximum atomic E-state index is 13.1. The number of hydrogen-bond acceptors (Lipinski definition) is 5. The predicted molar refractivity (Wildman–Crippen MR) is 77.9 cm³/mol. The number of anilines is 3. The summed E-state index contributed by atoms with van der Waals surface area (Å²) in [5.74, 6) is -0.999. The Labute approximate surface area is 125 Å². The van der Waals surface area contributed by atoms with Crippen molar-refractivity contribution in [1.82, 2.24) is 15.0 Å². The lowest BCUT2D eigenvalue weighted by molar-refractivity contribution is 0.584. The highest BCUT2D eigenvalue weighted by atomic mass is 35.5. The summed E-state index contributed by atoms with van der Waals surface area (Å²) in [5.41, 5.74) is 0.184. The molecule has 0 radical (unpaired) electrons. The van der Waals surface area contributed by atoms with Gasteiger partial charge in [-0.2, -0.15) is 15.0 Å². The molecule has 1 aromatic heterocycles. The molecule has 1 aromatic carbocycles. The molecule has 112 valence electrons. The molecule has 0 aliphatic rings. The molecule has 2 N–H and O–H groups in total. The van der Waals surface area contributed by atoms with Crippen LogP contribution in [0.4, 0.5) is 26.4 Å². The Morgan fingerprint density at radius 1 is 1.10 bits per heavy atom. The molecule has 8 heteroatoms. The molecule has 0 saturated heterocycles. The highest BCUT2D eigenvalue weighted by Crippen LogP contribution is 2.18. The predicted octanol–water partition coefficient (Wildman–Crippen LogP) is 3.76. The van der Waals surface area contributed by atoms with E-state index in [2.05, 4.69) is 25.6 Å². The number of hydrogen-bond donors (Lipinski definition) is 2. The van der Waals surface area contributed by atoms with Crippen molar-refractivity contribution >= 4 is 29.2 Å². The molecule has 0 amide bonds. The lowest BCUT2D eigenvalue weighted by Gasteiger charge is -2.12. The molecular weight excluding hydrogens is 300 g/mol. The molecule has 0 aliphatic carbocycles. The largest absolute Gasteiger partial charge is 0.352 e. The number of benzene rings is 1. The summed E-state index contributed by atoms with van der Waals surface area (Å²) in [6.07, 6.45) is 0.876. The molecule has 1 atom stereocenters. The first-order valence-corrected chi connectivity index (χ1v) is 6.75. The van der Waals surface area contributed by atoms with E-state index in [1.807, 2.05) is 13.8 Å². The van der Waals surface area contributed by atoms with Crippen LogP contribution in [0.1, 0.15) is 20.3 Å². The van der Waals surface area contributed by atoms with Gasteiger partial charge < -0.3 is 10.6 Å². The monoisotopic (exact) mass is 313 g/mol. The third-order valence-corrected chi connectivity index (χ3v) is 2.88. The van der Waals surface area contributed by atoms with Gasteiger partial charge in [-0.3, -0.25) is 0 Å². The van der Waals surface area contributed by atoms with Crippen LogP contribution in [0.5, 0.6) is 0 Å². The van der Waals surface area contributed by atoms with Gasteiger partial charge in [0.2, 0.25) is 17.2 Å². The quantitative estimate of drug-likeness (QED) is 0.880. The van der Waals surface area contributed by atoms with Gasteiger partial charge in [-0.1, -0.05) is 6.92 Å². The standard InChI is InChI=1S/C13H14ClF2N5/c1-3-7(2)17-12-19-11(14)20-13(21-12)18-10-5-8(15)4-9(16)6-10/h4-7H,3H2,1-2H3,(H2,17,18,19,20,21)/t7-/m0/s1. The normalized spacial score (nSPS) is 12.0. The van der Waals surface area contributed by atoms with Crippen molar-refractivity contribution in [3.63, 3.8) is 0 Å². The third kappa shape index (κ3) is 4.49. The lowest BCUT2D eigenvalue weighted by atomic mass is 10.3. The van der Waals surface area contributed by atoms with Crippen molar-refractivity contribution in [3.8, 4) is 0 Å². The van der Waals surface area contributed by atoms with E-state index in [9.17, 15) is 8.78 Å². The summed E-state index contributed by atoms with van der Waals surface area (Å²) in [5, 5.41) is 5.72. The van der Waals surface area contributed by atoms with Crippen LogP contribution < -0.4 is 10.6 Å². The van der Waals surface area contributed by atoms with E-state index in [0.29, 0.717) is 5.95 Å². The van der Waals surface area contributed by atoms with Crippen molar-refractivity contribution in [2.24, 2.45) is 0 Å². The van der Waals surface area contributed by atoms with E-state index in [-0.39, 0.29) is 23.0 Å². The summed E-state index contributed by atoms with van der Waals surface area (Å²) in [6, 6.07) is 3.19. The first-order chi connectivity index (χ1) is 9.96. The van der Waals surface area contributed by atoms with Gasteiger partial charge in [0.05, 0.1) is 0 Å². The Hall–Kier alpha value is -2.02. The molecule has 0 spiro atoms. The topological polar surface area (TPSA) is 62.7 Å². The van der Waals surface area contributed by atoms with Gasteiger partial charge in [-0.25, -0.2) is 8.78 Å². The zero-order valence-electron chi connectivity index (χ0n) is 11.5. The van der Waals surface area contributed by atoms with Crippen LogP contribution >= 0.6 is 11.6 Å². The van der Waals surface area contributed by atoms with Crippen LogP contribution in [0.25, 0.3) is 0 Å². The number of nitrogens with one attached hydrogen (secondary N) is 2. The lowest BCUT2D eigenvalue weighted by Crippen LogP contribution is -2.16. The second kappa shape index (κ2) is 6.62. The van der Waals surface area contributed by atoms with Gasteiger partial charge in [0, 0.05) is 17.8 Å². The van der Waals surface area contributed by atoms with Gasteiger partial charge in [0.25, 0.3) is 0 Å². The number of halogens is 3. The summed E-state index contributed by atoms with van der Waals surface area (Å²) in [6.45, 7) is 3.97. The maximum Gasteiger partial charge on any atom is 0.233 e. The van der Waals surface area contributed by atoms with Crippen LogP contribution in [0.15, 0.2) is 18.2 Å². The fourth-order valence-electron chi connectivity index (χ4n) is 1.55. The minimum atomic E-state index is -0.699. The minimum Gasteiger partial charge on any atom is -0.352 e. The third-order valence-electron chi connectivity index (χ3n) is 2.71. The zero-order chi connectivity index (χ0) is 15.4. The highest BCUT2D eigenvalue weighted by Gasteiger charge is 2.08. The molecule has 2 rings (SSSR count). The number of nitrogens with zero attached hydrogens (tertiary/aromatic N) is 3. The van der Waals surface area contributed by atoms with Gasteiger partial charge in [0.1, 0.15) is 11.6 Å². The molecule has 0 aliphatic heterocycles. The van der Waals surface area contributed by atoms with E-state index in [4.69, 9.17) is 11.6 Å². The highest BCUT2D eigenvalue weighted by molar-refractivity contribution is 6.28. The zero-order valence-corrected chi connectivity index (χ0v) is 12.2. The second-order valence-electron chi connectivity index (χ2n) is 4.49. The summed E-state index contributed by atoms with van der Waals surface area (Å²) in [4.78, 5) is 11.9. The molecular formula is C13H14ClF2N5. The van der Waals surface area contributed by atoms with Crippen LogP contribution in [0.2, 0.25) is 5.28 Å². The Kier molecular flexibility index (Phi) is 4.85. The van der Waals surface area contributed by atoms with E-state index >= 15 is 0 Å². The van der Waals surface area contributed by atoms with Gasteiger partial charge in [0.15, 0.2) is 0 Å². The Morgan fingerprint density at radius 3 is 2.33 bits per heavy atom. The Balaban J connectivity index is 2.23. The number of rotatable bonds is 5. The fourth-order valence-corrected chi connectivity index (χ4v) is 1.71. The summed E-state index contributed by atoms with van der Waals surface area (Å²) < 4.78 is 26.3. The van der Waals surface area contributed by atoms with E-state index in [0.717, 1.165) is 24.6 Å². The van der Waals surface area contributed by atoms with Crippen molar-refractivity contribution < 1.29 is 8.78 Å². The van der Waals surface area contributed by atoms with Crippen LogP contribution in [0.3, 0.4) is 0 Å². The Morgan fingerprint density at radius 2 is 1.71 bits per heavy atom. The van der Waals surface area contributed by atoms with Gasteiger partial charge in [-0.15, -0.1) is 0 Å². The van der Waals surface area contributed by atoms with Crippen LogP contribution in [-0.4, -0.2) is 21.0 Å². The SMILES string of the molecule is CC[C@H](C)Nc1nc(Cl)nc(Nc2cc(F)cc(F)c2)n1. The van der Waals surface area contributed by atoms with Crippen molar-refractivity contribution in [1.29, 1.82) is 0 Å². The fraction of sp³-hybridized carbons (Fsp3) is 0.308. The molecule has 0 bridgehead atoms. The first kappa shape index (κ1) is 15.4. The minimum absolute atomic E-state index is 0.0184. The second-order valence-corrected chi connectivity index (χ2v) is 4.83. The average molecular weight is 314 g/mol. The van der Waals surface area contributed by atoms with E-state index in [1.54, 1.807) is 0 Å². The van der Waals surface area contributed by atoms with Crippen molar-refractivity contribution in [2.75, 3.05) is 10.6 Å². The molecule has 1 heterocycles. The molecule has 0 fully saturated rings. The molecule has 0 unspecified atom stereocenters. The van der Waals surface area contributed by atoms with Crippen LogP contribution in [0, 0.1) is 11.6 Å². The van der Waals surface area contributed by atoms with E-state index in [1.165, 1.54) is 0 Å². The first-order valence-electron chi connectivity index (χ1n) is 6.37. The van der Waals surface area contributed by atoms with Crippen LogP contribution in [-0.2, 0) is 0 Å². The molecule has 2 aromatic rings. The van der Waals surface area contributed by atoms with Gasteiger partial charge >= 0.3 is 0 Å². The van der Waals surface area contributed by atoms with E-state index < -0.39 is 11.6 Å².